The third-order valence-corrected chi connectivity index (χ3v) is 5.16. The fourth-order valence-corrected chi connectivity index (χ4v) is 3.27. The molecule has 1 aromatic carbocycles. The number of pyridine rings is 1. The van der Waals surface area contributed by atoms with Gasteiger partial charge in [-0.3, -0.25) is 4.98 Å². The van der Waals surface area contributed by atoms with E-state index in [1.807, 2.05) is 31.2 Å². The molecular formula is C22H19N9. The Bertz CT molecular complexity index is 1390. The van der Waals surface area contributed by atoms with Crippen molar-refractivity contribution in [3.63, 3.8) is 0 Å². The predicted octanol–water partition coefficient (Wildman–Crippen LogP) is 3.71. The second kappa shape index (κ2) is 7.52. The third kappa shape index (κ3) is 3.46. The summed E-state index contributed by atoms with van der Waals surface area (Å²) in [6.07, 6.45) is 5.12. The Labute approximate surface area is 178 Å². The summed E-state index contributed by atoms with van der Waals surface area (Å²) >= 11 is 0. The normalized spacial score (nSPS) is 11.1. The Hall–Kier alpha value is -4.27. The first-order chi connectivity index (χ1) is 15.1. The Morgan fingerprint density at radius 3 is 2.65 bits per heavy atom. The molecule has 5 rings (SSSR count). The number of nitrogens with zero attached hydrogens (tertiary/aromatic N) is 8. The molecule has 0 saturated heterocycles. The Morgan fingerprint density at radius 2 is 1.81 bits per heavy atom. The largest absolute Gasteiger partial charge is 0.324 e. The minimum absolute atomic E-state index is 0.419. The molecular weight excluding hydrogens is 390 g/mol. The van der Waals surface area contributed by atoms with E-state index in [4.69, 9.17) is 0 Å². The van der Waals surface area contributed by atoms with Crippen molar-refractivity contribution in [2.45, 2.75) is 20.8 Å². The Kier molecular flexibility index (Phi) is 4.55. The predicted molar refractivity (Wildman–Crippen MR) is 117 cm³/mol. The summed E-state index contributed by atoms with van der Waals surface area (Å²) in [5.41, 5.74) is 6.17. The summed E-state index contributed by atoms with van der Waals surface area (Å²) in [6.45, 7) is 6.05. The van der Waals surface area contributed by atoms with E-state index in [-0.39, 0.29) is 0 Å². The van der Waals surface area contributed by atoms with Crippen molar-refractivity contribution in [3.8, 4) is 22.8 Å². The van der Waals surface area contributed by atoms with Gasteiger partial charge in [0.1, 0.15) is 5.69 Å². The average Bonchev–Trinajstić information content (AvgIpc) is 3.23. The molecule has 4 aromatic heterocycles. The maximum absolute atomic E-state index is 4.65. The van der Waals surface area contributed by atoms with Crippen molar-refractivity contribution in [2.24, 2.45) is 0 Å². The molecule has 31 heavy (non-hydrogen) atoms. The highest BCUT2D eigenvalue weighted by Gasteiger charge is 2.15. The SMILES string of the molecule is Cc1cccc(Nc2nccc(-c3nnc4nc(-c5cccnc5)nn4c3C)n2)c1C. The zero-order chi connectivity index (χ0) is 21.4. The lowest BCUT2D eigenvalue weighted by atomic mass is 10.1. The van der Waals surface area contributed by atoms with Crippen molar-refractivity contribution in [1.29, 1.82) is 0 Å². The molecule has 0 spiro atoms. The van der Waals surface area contributed by atoms with E-state index in [0.717, 1.165) is 22.5 Å². The minimum Gasteiger partial charge on any atom is -0.324 e. The number of anilines is 2. The number of hydrogen-bond acceptors (Lipinski definition) is 8. The average molecular weight is 409 g/mol. The smallest absolute Gasteiger partial charge is 0.272 e. The van der Waals surface area contributed by atoms with Crippen LogP contribution in [0.1, 0.15) is 16.8 Å². The second-order valence-electron chi connectivity index (χ2n) is 7.16. The molecule has 0 aliphatic rings. The zero-order valence-electron chi connectivity index (χ0n) is 17.3. The number of fused-ring (bicyclic) bond motifs is 1. The molecule has 0 aliphatic heterocycles. The molecule has 0 radical (unpaired) electrons. The molecule has 5 aromatic rings. The lowest BCUT2D eigenvalue weighted by Gasteiger charge is -2.11. The van der Waals surface area contributed by atoms with E-state index < -0.39 is 0 Å². The van der Waals surface area contributed by atoms with Crippen LogP contribution < -0.4 is 5.32 Å². The van der Waals surface area contributed by atoms with Gasteiger partial charge in [-0.05, 0) is 56.2 Å². The minimum atomic E-state index is 0.419. The van der Waals surface area contributed by atoms with Gasteiger partial charge in [-0.15, -0.1) is 15.3 Å². The number of nitrogens with one attached hydrogen (secondary N) is 1. The van der Waals surface area contributed by atoms with Gasteiger partial charge in [0.25, 0.3) is 5.78 Å². The summed E-state index contributed by atoms with van der Waals surface area (Å²) in [7, 11) is 0. The van der Waals surface area contributed by atoms with E-state index >= 15 is 0 Å². The van der Waals surface area contributed by atoms with E-state index in [1.165, 1.54) is 5.56 Å². The Balaban J connectivity index is 1.53. The molecule has 152 valence electrons. The maximum atomic E-state index is 4.65. The highest BCUT2D eigenvalue weighted by Crippen LogP contribution is 2.24. The molecule has 1 N–H and O–H groups in total. The highest BCUT2D eigenvalue weighted by molar-refractivity contribution is 5.64. The molecule has 9 nitrogen and oxygen atoms in total. The third-order valence-electron chi connectivity index (χ3n) is 5.16. The van der Waals surface area contributed by atoms with Gasteiger partial charge in [-0.25, -0.2) is 9.97 Å². The molecule has 0 atom stereocenters. The van der Waals surface area contributed by atoms with Crippen molar-refractivity contribution in [1.82, 2.24) is 39.7 Å². The van der Waals surface area contributed by atoms with Crippen LogP contribution in [-0.4, -0.2) is 39.7 Å². The van der Waals surface area contributed by atoms with Crippen molar-refractivity contribution >= 4 is 17.4 Å². The monoisotopic (exact) mass is 409 g/mol. The summed E-state index contributed by atoms with van der Waals surface area (Å²) in [5.74, 6) is 1.45. The van der Waals surface area contributed by atoms with Gasteiger partial charge < -0.3 is 5.32 Å². The first-order valence-electron chi connectivity index (χ1n) is 9.77. The van der Waals surface area contributed by atoms with Gasteiger partial charge in [0.15, 0.2) is 5.82 Å². The molecule has 9 heteroatoms. The van der Waals surface area contributed by atoms with E-state index in [9.17, 15) is 0 Å². The standard InChI is InChI=1S/C22H19N9/c1-13-6-4-8-17(14(13)2)25-21-24-11-9-18(26-21)19-15(3)31-22(29-28-19)27-20(30-31)16-7-5-10-23-12-16/h4-12H,1-3H3,(H,24,25,26). The van der Waals surface area contributed by atoms with Gasteiger partial charge in [-0.2, -0.15) is 9.50 Å². The molecule has 0 aliphatic carbocycles. The van der Waals surface area contributed by atoms with Crippen LogP contribution >= 0.6 is 0 Å². The van der Waals surface area contributed by atoms with E-state index in [1.54, 1.807) is 29.2 Å². The maximum Gasteiger partial charge on any atom is 0.272 e. The number of benzene rings is 1. The molecule has 0 fully saturated rings. The molecule has 0 bridgehead atoms. The van der Waals surface area contributed by atoms with Crippen LogP contribution in [0.25, 0.3) is 28.6 Å². The van der Waals surface area contributed by atoms with Crippen molar-refractivity contribution < 1.29 is 0 Å². The van der Waals surface area contributed by atoms with E-state index in [2.05, 4.69) is 60.5 Å². The zero-order valence-corrected chi connectivity index (χ0v) is 17.3. The van der Waals surface area contributed by atoms with Crippen molar-refractivity contribution in [3.05, 3.63) is 71.8 Å². The van der Waals surface area contributed by atoms with Crippen LogP contribution in [0, 0.1) is 20.8 Å². The first kappa shape index (κ1) is 18.7. The number of hydrogen-bond donors (Lipinski definition) is 1. The summed E-state index contributed by atoms with van der Waals surface area (Å²) in [5, 5.41) is 16.5. The van der Waals surface area contributed by atoms with Crippen molar-refractivity contribution in [2.75, 3.05) is 5.32 Å². The van der Waals surface area contributed by atoms with Crippen LogP contribution in [0.2, 0.25) is 0 Å². The number of aromatic nitrogens is 8. The molecule has 0 amide bonds. The van der Waals surface area contributed by atoms with Crippen LogP contribution in [0.5, 0.6) is 0 Å². The van der Waals surface area contributed by atoms with Crippen LogP contribution in [0.3, 0.4) is 0 Å². The highest BCUT2D eigenvalue weighted by atomic mass is 15.4. The van der Waals surface area contributed by atoms with Gasteiger partial charge in [-0.1, -0.05) is 12.1 Å². The summed E-state index contributed by atoms with van der Waals surface area (Å²) in [4.78, 5) is 17.6. The van der Waals surface area contributed by atoms with Gasteiger partial charge in [0.05, 0.1) is 11.4 Å². The molecule has 4 heterocycles. The summed E-state index contributed by atoms with van der Waals surface area (Å²) < 4.78 is 1.67. The van der Waals surface area contributed by atoms with Gasteiger partial charge in [0, 0.05) is 29.8 Å². The molecule has 0 saturated carbocycles. The quantitative estimate of drug-likeness (QED) is 0.479. The second-order valence-corrected chi connectivity index (χ2v) is 7.16. The summed E-state index contributed by atoms with van der Waals surface area (Å²) in [6, 6.07) is 11.6. The lowest BCUT2D eigenvalue weighted by molar-refractivity contribution is 0.851. The van der Waals surface area contributed by atoms with Crippen LogP contribution in [0.15, 0.2) is 55.0 Å². The number of rotatable bonds is 4. The fourth-order valence-electron chi connectivity index (χ4n) is 3.27. The number of aryl methyl sites for hydroxylation is 2. The topological polar surface area (TPSA) is 107 Å². The fraction of sp³-hybridized carbons (Fsp3) is 0.136. The molecule has 0 unspecified atom stereocenters. The lowest BCUT2D eigenvalue weighted by Crippen LogP contribution is -2.05. The van der Waals surface area contributed by atoms with Crippen LogP contribution in [0.4, 0.5) is 11.6 Å². The Morgan fingerprint density at radius 1 is 0.903 bits per heavy atom. The van der Waals surface area contributed by atoms with E-state index in [0.29, 0.717) is 28.9 Å². The van der Waals surface area contributed by atoms with Gasteiger partial charge >= 0.3 is 0 Å². The first-order valence-corrected chi connectivity index (χ1v) is 9.77. The van der Waals surface area contributed by atoms with Gasteiger partial charge in [0.2, 0.25) is 5.95 Å². The van der Waals surface area contributed by atoms with Crippen LogP contribution in [-0.2, 0) is 0 Å².